The zero-order valence-electron chi connectivity index (χ0n) is 31.5. The summed E-state index contributed by atoms with van der Waals surface area (Å²) >= 11 is 0. The molecule has 4 heteroatoms. The molecule has 3 nitrogen and oxygen atoms in total. The highest BCUT2D eigenvalue weighted by Crippen LogP contribution is 2.73. The van der Waals surface area contributed by atoms with Crippen molar-refractivity contribution in [1.82, 2.24) is 9.13 Å². The number of furan rings is 1. The standard InChI is InChI=1S/C54H36N2OS/c1-3-15-39(16-4-1)58(40-17-5-2-6-18-40,41-31-27-37(28-32-41)55-49-23-11-7-19-43(49)44-20-8-12-24-50(44)55)42-33-29-38(30-34-42)56-51-25-13-9-21-45(51)47-35-36-48-46-22-10-14-26-52(46)57-54(48)53(47)56/h1-36H. The molecule has 0 radical (unpaired) electrons. The van der Waals surface area contributed by atoms with Crippen LogP contribution in [-0.4, -0.2) is 9.13 Å². The number of nitrogens with zero attached hydrogens (tertiary/aromatic N) is 2. The van der Waals surface area contributed by atoms with E-state index in [2.05, 4.69) is 221 Å². The molecule has 0 atom stereocenters. The third-order valence-electron chi connectivity index (χ3n) is 11.9. The van der Waals surface area contributed by atoms with E-state index in [9.17, 15) is 0 Å². The maximum Gasteiger partial charge on any atom is 0.160 e. The van der Waals surface area contributed by atoms with Gasteiger partial charge < -0.3 is 13.6 Å². The summed E-state index contributed by atoms with van der Waals surface area (Å²) in [6, 6.07) is 79.9. The second kappa shape index (κ2) is 12.9. The lowest BCUT2D eigenvalue weighted by Gasteiger charge is -2.42. The van der Waals surface area contributed by atoms with E-state index >= 15 is 0 Å². The lowest BCUT2D eigenvalue weighted by molar-refractivity contribution is 0.671. The number of fused-ring (bicyclic) bond motifs is 10. The molecule has 58 heavy (non-hydrogen) atoms. The molecule has 0 bridgehead atoms. The molecule has 3 aromatic heterocycles. The van der Waals surface area contributed by atoms with Crippen molar-refractivity contribution in [3.63, 3.8) is 0 Å². The van der Waals surface area contributed by atoms with Gasteiger partial charge in [0.1, 0.15) is 5.58 Å². The van der Waals surface area contributed by atoms with Gasteiger partial charge in [0.15, 0.2) is 5.58 Å². The first-order valence-electron chi connectivity index (χ1n) is 19.8. The van der Waals surface area contributed by atoms with Gasteiger partial charge in [-0.3, -0.25) is 0 Å². The van der Waals surface area contributed by atoms with Crippen molar-refractivity contribution in [2.45, 2.75) is 19.6 Å². The molecule has 12 rings (SSSR count). The minimum atomic E-state index is -1.94. The summed E-state index contributed by atoms with van der Waals surface area (Å²) in [6.07, 6.45) is 0. The van der Waals surface area contributed by atoms with Crippen LogP contribution < -0.4 is 0 Å². The van der Waals surface area contributed by atoms with Crippen molar-refractivity contribution in [3.05, 3.63) is 218 Å². The van der Waals surface area contributed by atoms with Crippen LogP contribution in [0.3, 0.4) is 0 Å². The van der Waals surface area contributed by atoms with Crippen molar-refractivity contribution in [1.29, 1.82) is 0 Å². The Hall–Kier alpha value is -7.27. The molecule has 0 aliphatic heterocycles. The van der Waals surface area contributed by atoms with Crippen LogP contribution in [0.5, 0.6) is 0 Å². The van der Waals surface area contributed by atoms with Crippen molar-refractivity contribution in [2.75, 3.05) is 0 Å². The fourth-order valence-electron chi connectivity index (χ4n) is 9.36. The minimum Gasteiger partial charge on any atom is -0.454 e. The largest absolute Gasteiger partial charge is 0.454 e. The SMILES string of the molecule is c1ccc(S(c2ccccc2)(c2ccc(-n3c4ccccc4c4ccccc43)cc2)c2ccc(-n3c4ccccc4c4ccc5c6ccccc6oc5c43)cc2)cc1. The second-order valence-corrected chi connectivity index (χ2v) is 18.0. The summed E-state index contributed by atoms with van der Waals surface area (Å²) in [5.74, 6) is 0. The van der Waals surface area contributed by atoms with Gasteiger partial charge >= 0.3 is 0 Å². The quantitative estimate of drug-likeness (QED) is 0.166. The van der Waals surface area contributed by atoms with Crippen molar-refractivity contribution < 1.29 is 4.42 Å². The summed E-state index contributed by atoms with van der Waals surface area (Å²) in [7, 11) is -1.94. The molecule has 0 aliphatic carbocycles. The van der Waals surface area contributed by atoms with E-state index in [1.807, 2.05) is 6.07 Å². The monoisotopic (exact) mass is 760 g/mol. The molecule has 0 amide bonds. The molecular formula is C54H36N2OS. The number of aromatic nitrogens is 2. The lowest BCUT2D eigenvalue weighted by Crippen LogP contribution is -2.06. The van der Waals surface area contributed by atoms with E-state index in [0.29, 0.717) is 0 Å². The average molecular weight is 761 g/mol. The molecule has 9 aromatic carbocycles. The Morgan fingerprint density at radius 2 is 0.690 bits per heavy atom. The predicted molar refractivity (Wildman–Crippen MR) is 242 cm³/mol. The van der Waals surface area contributed by atoms with E-state index in [-0.39, 0.29) is 0 Å². The molecule has 0 saturated heterocycles. The van der Waals surface area contributed by atoms with Gasteiger partial charge in [0.05, 0.1) is 22.1 Å². The van der Waals surface area contributed by atoms with Crippen LogP contribution in [0.1, 0.15) is 0 Å². The van der Waals surface area contributed by atoms with E-state index < -0.39 is 10.0 Å². The molecule has 274 valence electrons. The summed E-state index contributed by atoms with van der Waals surface area (Å²) < 4.78 is 11.5. The van der Waals surface area contributed by atoms with Gasteiger partial charge in [-0.15, -0.1) is 10.0 Å². The maximum atomic E-state index is 6.67. The first-order valence-corrected chi connectivity index (χ1v) is 21.4. The maximum absolute atomic E-state index is 6.67. The van der Waals surface area contributed by atoms with Crippen LogP contribution in [0.4, 0.5) is 0 Å². The third kappa shape index (κ3) is 4.70. The molecule has 0 N–H and O–H groups in total. The highest BCUT2D eigenvalue weighted by atomic mass is 32.3. The van der Waals surface area contributed by atoms with Crippen molar-refractivity contribution in [2.24, 2.45) is 0 Å². The smallest absolute Gasteiger partial charge is 0.160 e. The Labute approximate surface area is 336 Å². The summed E-state index contributed by atoms with van der Waals surface area (Å²) in [4.78, 5) is 5.13. The van der Waals surface area contributed by atoms with Gasteiger partial charge in [-0.05, 0) is 103 Å². The molecule has 0 spiro atoms. The van der Waals surface area contributed by atoms with Crippen LogP contribution >= 0.6 is 10.0 Å². The van der Waals surface area contributed by atoms with Gasteiger partial charge in [0, 0.05) is 63.3 Å². The minimum absolute atomic E-state index is 0.903. The molecule has 0 fully saturated rings. The summed E-state index contributed by atoms with van der Waals surface area (Å²) in [5, 5.41) is 7.18. The van der Waals surface area contributed by atoms with E-state index in [1.165, 1.54) is 52.2 Å². The Morgan fingerprint density at radius 3 is 1.24 bits per heavy atom. The number of para-hydroxylation sites is 4. The number of hydrogen-bond acceptors (Lipinski definition) is 1. The van der Waals surface area contributed by atoms with Gasteiger partial charge in [-0.1, -0.05) is 115 Å². The average Bonchev–Trinajstić information content (AvgIpc) is 3.96. The molecule has 3 heterocycles. The van der Waals surface area contributed by atoms with Crippen LogP contribution in [0.25, 0.3) is 76.9 Å². The fraction of sp³-hybridized carbons (Fsp3) is 0. The number of hydrogen-bond donors (Lipinski definition) is 0. The van der Waals surface area contributed by atoms with Crippen LogP contribution in [0.2, 0.25) is 0 Å². The van der Waals surface area contributed by atoms with Crippen LogP contribution in [0, 0.1) is 0 Å². The molecule has 0 saturated carbocycles. The first-order chi connectivity index (χ1) is 28.8. The van der Waals surface area contributed by atoms with E-state index in [4.69, 9.17) is 4.42 Å². The molecule has 12 aromatic rings. The fourth-order valence-corrected chi connectivity index (χ4v) is 13.2. The first kappa shape index (κ1) is 32.9. The Bertz CT molecular complexity index is 3390. The zero-order valence-corrected chi connectivity index (χ0v) is 32.3. The van der Waals surface area contributed by atoms with Gasteiger partial charge in [-0.25, -0.2) is 0 Å². The highest BCUT2D eigenvalue weighted by Gasteiger charge is 2.33. The molecule has 0 aliphatic rings. The van der Waals surface area contributed by atoms with E-state index in [1.54, 1.807) is 0 Å². The highest BCUT2D eigenvalue weighted by molar-refractivity contribution is 8.34. The van der Waals surface area contributed by atoms with Gasteiger partial charge in [0.2, 0.25) is 0 Å². The predicted octanol–water partition coefficient (Wildman–Crippen LogP) is 15.1. The second-order valence-electron chi connectivity index (χ2n) is 14.9. The van der Waals surface area contributed by atoms with Crippen molar-refractivity contribution >= 4 is 75.6 Å². The van der Waals surface area contributed by atoms with E-state index in [0.717, 1.165) is 44.3 Å². The lowest BCUT2D eigenvalue weighted by atomic mass is 10.1. The Kier molecular flexibility index (Phi) is 7.31. The number of benzene rings is 9. The third-order valence-corrected chi connectivity index (χ3v) is 15.8. The van der Waals surface area contributed by atoms with Gasteiger partial charge in [0.25, 0.3) is 0 Å². The molecular weight excluding hydrogens is 725 g/mol. The topological polar surface area (TPSA) is 23.0 Å². The number of rotatable bonds is 6. The Morgan fingerprint density at radius 1 is 0.293 bits per heavy atom. The zero-order chi connectivity index (χ0) is 38.2. The van der Waals surface area contributed by atoms with Crippen LogP contribution in [-0.2, 0) is 0 Å². The summed E-state index contributed by atoms with van der Waals surface area (Å²) in [6.45, 7) is 0. The van der Waals surface area contributed by atoms with Crippen LogP contribution in [0.15, 0.2) is 242 Å². The van der Waals surface area contributed by atoms with Crippen molar-refractivity contribution in [3.8, 4) is 11.4 Å². The normalized spacial score (nSPS) is 12.4. The summed E-state index contributed by atoms with van der Waals surface area (Å²) in [5.41, 5.74) is 8.73. The molecule has 0 unspecified atom stereocenters. The Balaban J connectivity index is 1.08. The van der Waals surface area contributed by atoms with Gasteiger partial charge in [-0.2, -0.15) is 0 Å².